The lowest BCUT2D eigenvalue weighted by Crippen LogP contribution is -2.23. The molecule has 108 valence electrons. The van der Waals surface area contributed by atoms with Gasteiger partial charge in [0.2, 0.25) is 0 Å². The third-order valence-electron chi connectivity index (χ3n) is 1.98. The molecule has 0 aliphatic carbocycles. The number of aliphatic hydroxyl groups excluding tert-OH is 1. The molecule has 0 saturated heterocycles. The smallest absolute Gasteiger partial charge is 0.405 e. The van der Waals surface area contributed by atoms with E-state index in [1.165, 1.54) is 0 Å². The fraction of sp³-hybridized carbons (Fsp3) is 0.444. The van der Waals surface area contributed by atoms with Gasteiger partial charge in [-0.15, -0.1) is 13.2 Å². The second-order valence-corrected chi connectivity index (χ2v) is 3.83. The maximum absolute atomic E-state index is 12.8. The first-order valence-electron chi connectivity index (χ1n) is 4.60. The highest BCUT2D eigenvalue weighted by Crippen LogP contribution is 2.42. The van der Waals surface area contributed by atoms with E-state index in [1.54, 1.807) is 0 Å². The van der Waals surface area contributed by atoms with Gasteiger partial charge in [-0.05, 0) is 0 Å². The quantitative estimate of drug-likeness (QED) is 0.669. The first-order valence-corrected chi connectivity index (χ1v) is 5.72. The number of pyridine rings is 1. The molecule has 0 aromatic carbocycles. The number of rotatable bonds is 3. The van der Waals surface area contributed by atoms with Crippen LogP contribution in [0.4, 0.5) is 26.3 Å². The summed E-state index contributed by atoms with van der Waals surface area (Å²) in [5, 5.41) is 8.44. The Labute approximate surface area is 111 Å². The minimum absolute atomic E-state index is 0.319. The van der Waals surface area contributed by atoms with Crippen molar-refractivity contribution < 1.29 is 36.2 Å². The second kappa shape index (κ2) is 5.53. The number of alkyl halides is 7. The van der Waals surface area contributed by atoms with Gasteiger partial charge in [-0.2, -0.15) is 13.2 Å². The summed E-state index contributed by atoms with van der Waals surface area (Å²) in [6, 6.07) is 0. The number of hydrogen-bond donors (Lipinski definition) is 1. The minimum atomic E-state index is -5.29. The maximum atomic E-state index is 12.8. The molecule has 1 rings (SSSR count). The van der Waals surface area contributed by atoms with Gasteiger partial charge in [0.1, 0.15) is 11.3 Å². The van der Waals surface area contributed by atoms with Crippen LogP contribution in [0.2, 0.25) is 0 Å². The molecule has 0 spiro atoms. The summed E-state index contributed by atoms with van der Waals surface area (Å²) in [5.74, 6) is -1.41. The molecule has 0 amide bonds. The molecule has 0 aliphatic rings. The summed E-state index contributed by atoms with van der Waals surface area (Å²) < 4.78 is 78.3. The van der Waals surface area contributed by atoms with E-state index in [1.807, 2.05) is 0 Å². The molecule has 1 aromatic heterocycles. The average Bonchev–Trinajstić information content (AvgIpc) is 2.24. The predicted octanol–water partition coefficient (Wildman–Crippen LogP) is 3.39. The summed E-state index contributed by atoms with van der Waals surface area (Å²) in [7, 11) is 0. The zero-order valence-corrected chi connectivity index (χ0v) is 10.5. The Balaban J connectivity index is 3.53. The first kappa shape index (κ1) is 16.0. The van der Waals surface area contributed by atoms with Crippen LogP contribution in [0.25, 0.3) is 0 Å². The van der Waals surface area contributed by atoms with Crippen LogP contribution >= 0.6 is 15.9 Å². The molecule has 1 N–H and O–H groups in total. The summed E-state index contributed by atoms with van der Waals surface area (Å²) in [4.78, 5) is 3.28. The van der Waals surface area contributed by atoms with E-state index in [2.05, 4.69) is 25.7 Å². The van der Waals surface area contributed by atoms with Gasteiger partial charge in [-0.25, -0.2) is 0 Å². The first-order chi connectivity index (χ1) is 8.60. The number of aromatic nitrogens is 1. The summed E-state index contributed by atoms with van der Waals surface area (Å²) in [6.45, 7) is -1.16. The number of ether oxygens (including phenoxy) is 1. The molecule has 0 aliphatic heterocycles. The summed E-state index contributed by atoms with van der Waals surface area (Å²) >= 11 is 2.75. The molecule has 19 heavy (non-hydrogen) atoms. The van der Waals surface area contributed by atoms with Crippen molar-refractivity contribution in [1.82, 2.24) is 4.98 Å². The fourth-order valence-electron chi connectivity index (χ4n) is 1.31. The largest absolute Gasteiger partial charge is 0.573 e. The van der Waals surface area contributed by atoms with Crippen LogP contribution in [0.1, 0.15) is 16.8 Å². The van der Waals surface area contributed by atoms with Crippen LogP contribution in [-0.4, -0.2) is 16.5 Å². The molecule has 3 nitrogen and oxygen atoms in total. The molecule has 1 heterocycles. The van der Waals surface area contributed by atoms with Crippen molar-refractivity contribution in [2.45, 2.75) is 24.5 Å². The molecular formula is C9H6BrF6NO2. The van der Waals surface area contributed by atoms with E-state index in [-0.39, 0.29) is 5.33 Å². The van der Waals surface area contributed by atoms with Gasteiger partial charge >= 0.3 is 12.5 Å². The lowest BCUT2D eigenvalue weighted by molar-refractivity contribution is -0.276. The highest BCUT2D eigenvalue weighted by molar-refractivity contribution is 9.08. The third-order valence-corrected chi connectivity index (χ3v) is 2.58. The van der Waals surface area contributed by atoms with Gasteiger partial charge in [-0.1, -0.05) is 15.9 Å². The van der Waals surface area contributed by atoms with Crippen LogP contribution < -0.4 is 4.74 Å². The molecule has 0 atom stereocenters. The summed E-state index contributed by atoms with van der Waals surface area (Å²) in [5.41, 5.74) is -3.09. The van der Waals surface area contributed by atoms with E-state index >= 15 is 0 Å². The van der Waals surface area contributed by atoms with Crippen molar-refractivity contribution in [3.63, 3.8) is 0 Å². The monoisotopic (exact) mass is 353 g/mol. The molecule has 1 aromatic rings. The topological polar surface area (TPSA) is 42.4 Å². The fourth-order valence-corrected chi connectivity index (χ4v) is 1.71. The third kappa shape index (κ3) is 3.96. The van der Waals surface area contributed by atoms with E-state index in [9.17, 15) is 26.3 Å². The van der Waals surface area contributed by atoms with Crippen molar-refractivity contribution in [2.75, 3.05) is 0 Å². The van der Waals surface area contributed by atoms with Crippen LogP contribution in [-0.2, 0) is 18.1 Å². The van der Waals surface area contributed by atoms with Gasteiger partial charge < -0.3 is 9.84 Å². The number of nitrogens with zero attached hydrogens (tertiary/aromatic N) is 1. The Hall–Kier alpha value is -1.03. The van der Waals surface area contributed by atoms with Gasteiger partial charge in [0.15, 0.2) is 0 Å². The van der Waals surface area contributed by atoms with E-state index in [0.29, 0.717) is 0 Å². The molecule has 0 saturated carbocycles. The van der Waals surface area contributed by atoms with E-state index < -0.39 is 41.7 Å². The Morgan fingerprint density at radius 1 is 1.21 bits per heavy atom. The Morgan fingerprint density at radius 2 is 1.79 bits per heavy atom. The lowest BCUT2D eigenvalue weighted by atomic mass is 10.1. The number of aliphatic hydroxyl groups is 1. The van der Waals surface area contributed by atoms with E-state index in [0.717, 1.165) is 6.20 Å². The molecule has 0 bridgehead atoms. The van der Waals surface area contributed by atoms with Crippen molar-refractivity contribution in [3.05, 3.63) is 23.0 Å². The molecule has 0 radical (unpaired) electrons. The van der Waals surface area contributed by atoms with Crippen molar-refractivity contribution >= 4 is 15.9 Å². The SMILES string of the molecule is OCc1ncc(CBr)c(OC(F)(F)F)c1C(F)(F)F. The molecular weight excluding hydrogens is 348 g/mol. The van der Waals surface area contributed by atoms with Crippen molar-refractivity contribution in [2.24, 2.45) is 0 Å². The Morgan fingerprint density at radius 3 is 2.16 bits per heavy atom. The van der Waals surface area contributed by atoms with Crippen LogP contribution in [0.3, 0.4) is 0 Å². The molecule has 0 fully saturated rings. The van der Waals surface area contributed by atoms with Gasteiger partial charge in [0.05, 0.1) is 12.3 Å². The Kier molecular flexibility index (Phi) is 4.67. The minimum Gasteiger partial charge on any atom is -0.405 e. The van der Waals surface area contributed by atoms with Crippen LogP contribution in [0.15, 0.2) is 6.20 Å². The zero-order chi connectivity index (χ0) is 14.8. The predicted molar refractivity (Wildman–Crippen MR) is 54.5 cm³/mol. The number of hydrogen-bond acceptors (Lipinski definition) is 3. The zero-order valence-electron chi connectivity index (χ0n) is 8.94. The van der Waals surface area contributed by atoms with Crippen LogP contribution in [0.5, 0.6) is 5.75 Å². The van der Waals surface area contributed by atoms with Crippen LogP contribution in [0, 0.1) is 0 Å². The maximum Gasteiger partial charge on any atom is 0.573 e. The van der Waals surface area contributed by atoms with Crippen molar-refractivity contribution in [1.29, 1.82) is 0 Å². The normalized spacial score (nSPS) is 12.6. The van der Waals surface area contributed by atoms with Gasteiger partial charge in [0.25, 0.3) is 0 Å². The van der Waals surface area contributed by atoms with Crippen molar-refractivity contribution in [3.8, 4) is 5.75 Å². The Bertz CT molecular complexity index is 459. The lowest BCUT2D eigenvalue weighted by Gasteiger charge is -2.19. The summed E-state index contributed by atoms with van der Waals surface area (Å²) in [6.07, 6.45) is -9.65. The second-order valence-electron chi connectivity index (χ2n) is 3.27. The highest BCUT2D eigenvalue weighted by Gasteiger charge is 2.43. The number of halogens is 7. The average molecular weight is 354 g/mol. The molecule has 10 heteroatoms. The standard InChI is InChI=1S/C9H6BrF6NO2/c10-1-4-2-17-5(3-18)6(8(11,12)13)7(4)19-9(14,15)16/h2,18H,1,3H2. The van der Waals surface area contributed by atoms with Gasteiger partial charge in [0, 0.05) is 17.1 Å². The molecule has 0 unspecified atom stereocenters. The van der Waals surface area contributed by atoms with E-state index in [4.69, 9.17) is 5.11 Å². The highest BCUT2D eigenvalue weighted by atomic mass is 79.9. The van der Waals surface area contributed by atoms with Gasteiger partial charge in [-0.3, -0.25) is 4.98 Å².